The fourth-order valence-electron chi connectivity index (χ4n) is 2.54. The number of aliphatic hydroxyl groups excluding tert-OH is 1. The van der Waals surface area contributed by atoms with E-state index in [0.717, 1.165) is 46.0 Å². The van der Waals surface area contributed by atoms with Crippen molar-refractivity contribution in [3.8, 4) is 0 Å². The van der Waals surface area contributed by atoms with Crippen LogP contribution in [0.25, 0.3) is 5.65 Å². The number of hydrogen-bond acceptors (Lipinski definition) is 4. The van der Waals surface area contributed by atoms with Gasteiger partial charge in [-0.15, -0.1) is 0 Å². The quantitative estimate of drug-likeness (QED) is 0.760. The van der Waals surface area contributed by atoms with Crippen molar-refractivity contribution >= 4 is 11.5 Å². The van der Waals surface area contributed by atoms with Gasteiger partial charge in [0, 0.05) is 23.9 Å². The van der Waals surface area contributed by atoms with Crippen LogP contribution < -0.4 is 5.32 Å². The molecule has 0 amide bonds. The van der Waals surface area contributed by atoms with Gasteiger partial charge in [0.15, 0.2) is 5.65 Å². The second kappa shape index (κ2) is 6.38. The standard InChI is InChI=1S/C18H22N4O/c1-4-16-9-17(22-18(20-16)12(2)13(3)21-22)19-10-14-5-7-15(11-23)8-6-14/h5-9,19,23H,4,10-11H2,1-3H3. The van der Waals surface area contributed by atoms with Gasteiger partial charge in [0.25, 0.3) is 0 Å². The van der Waals surface area contributed by atoms with Crippen LogP contribution in [0.1, 0.15) is 35.0 Å². The molecule has 2 N–H and O–H groups in total. The van der Waals surface area contributed by atoms with Gasteiger partial charge < -0.3 is 10.4 Å². The third-order valence-corrected chi connectivity index (χ3v) is 4.15. The summed E-state index contributed by atoms with van der Waals surface area (Å²) in [5.74, 6) is 0.953. The van der Waals surface area contributed by atoms with E-state index < -0.39 is 0 Å². The molecule has 0 aliphatic carbocycles. The first kappa shape index (κ1) is 15.5. The highest BCUT2D eigenvalue weighted by atomic mass is 16.3. The first-order valence-corrected chi connectivity index (χ1v) is 7.90. The summed E-state index contributed by atoms with van der Waals surface area (Å²) >= 11 is 0. The monoisotopic (exact) mass is 310 g/mol. The van der Waals surface area contributed by atoms with E-state index in [1.54, 1.807) is 0 Å². The molecule has 0 fully saturated rings. The van der Waals surface area contributed by atoms with E-state index in [4.69, 9.17) is 5.11 Å². The van der Waals surface area contributed by atoms with E-state index in [9.17, 15) is 0 Å². The molecule has 120 valence electrons. The molecule has 2 aromatic heterocycles. The highest BCUT2D eigenvalue weighted by Gasteiger charge is 2.11. The number of hydrogen-bond donors (Lipinski definition) is 2. The van der Waals surface area contributed by atoms with Crippen LogP contribution in [0.4, 0.5) is 5.82 Å². The Morgan fingerprint density at radius 3 is 2.48 bits per heavy atom. The molecule has 5 nitrogen and oxygen atoms in total. The Hall–Kier alpha value is -2.40. The van der Waals surface area contributed by atoms with E-state index in [-0.39, 0.29) is 6.61 Å². The van der Waals surface area contributed by atoms with Gasteiger partial charge >= 0.3 is 0 Å². The maximum absolute atomic E-state index is 9.11. The number of nitrogens with zero attached hydrogens (tertiary/aromatic N) is 3. The summed E-state index contributed by atoms with van der Waals surface area (Å²) in [5, 5.41) is 17.1. The van der Waals surface area contributed by atoms with Crippen LogP contribution in [0.15, 0.2) is 30.3 Å². The molecule has 1 aromatic carbocycles. The number of aromatic nitrogens is 3. The third-order valence-electron chi connectivity index (χ3n) is 4.15. The third kappa shape index (κ3) is 3.05. The summed E-state index contributed by atoms with van der Waals surface area (Å²) in [6, 6.07) is 9.99. The lowest BCUT2D eigenvalue weighted by molar-refractivity contribution is 0.282. The molecule has 0 unspecified atom stereocenters. The van der Waals surface area contributed by atoms with Gasteiger partial charge in [-0.1, -0.05) is 31.2 Å². The minimum Gasteiger partial charge on any atom is -0.392 e. The van der Waals surface area contributed by atoms with Crippen LogP contribution in [-0.4, -0.2) is 19.7 Å². The zero-order valence-corrected chi connectivity index (χ0v) is 13.8. The topological polar surface area (TPSA) is 62.5 Å². The molecular formula is C18H22N4O. The fourth-order valence-corrected chi connectivity index (χ4v) is 2.54. The van der Waals surface area contributed by atoms with Gasteiger partial charge in [0.1, 0.15) is 5.82 Å². The summed E-state index contributed by atoms with van der Waals surface area (Å²) in [7, 11) is 0. The normalized spacial score (nSPS) is 11.1. The summed E-state index contributed by atoms with van der Waals surface area (Å²) in [5.41, 5.74) is 6.17. The number of aryl methyl sites for hydroxylation is 3. The molecule has 0 radical (unpaired) electrons. The molecule has 0 bridgehead atoms. The lowest BCUT2D eigenvalue weighted by Crippen LogP contribution is -2.07. The molecule has 5 heteroatoms. The van der Waals surface area contributed by atoms with E-state index in [1.807, 2.05) is 35.7 Å². The number of nitrogens with one attached hydrogen (secondary N) is 1. The number of aliphatic hydroxyl groups is 1. The Bertz CT molecular complexity index is 821. The van der Waals surface area contributed by atoms with Crippen LogP contribution in [0.2, 0.25) is 0 Å². The average Bonchev–Trinajstić information content (AvgIpc) is 2.88. The number of anilines is 1. The maximum atomic E-state index is 9.11. The molecular weight excluding hydrogens is 288 g/mol. The summed E-state index contributed by atoms with van der Waals surface area (Å²) < 4.78 is 1.88. The summed E-state index contributed by atoms with van der Waals surface area (Å²) in [6.45, 7) is 6.94. The largest absolute Gasteiger partial charge is 0.392 e. The van der Waals surface area contributed by atoms with Crippen molar-refractivity contribution in [2.24, 2.45) is 0 Å². The van der Waals surface area contributed by atoms with Crippen molar-refractivity contribution in [1.29, 1.82) is 0 Å². The minimum absolute atomic E-state index is 0.0738. The Morgan fingerprint density at radius 2 is 1.83 bits per heavy atom. The zero-order chi connectivity index (χ0) is 16.4. The van der Waals surface area contributed by atoms with Crippen molar-refractivity contribution in [3.05, 3.63) is 58.4 Å². The van der Waals surface area contributed by atoms with Crippen LogP contribution in [0.3, 0.4) is 0 Å². The molecule has 2 heterocycles. The predicted octanol–water partition coefficient (Wildman–Crippen LogP) is 3.01. The Morgan fingerprint density at radius 1 is 1.13 bits per heavy atom. The number of rotatable bonds is 5. The second-order valence-corrected chi connectivity index (χ2v) is 5.76. The van der Waals surface area contributed by atoms with Crippen LogP contribution in [-0.2, 0) is 19.6 Å². The molecule has 0 saturated heterocycles. The van der Waals surface area contributed by atoms with E-state index in [0.29, 0.717) is 6.54 Å². The molecule has 0 aliphatic rings. The predicted molar refractivity (Wildman–Crippen MR) is 91.5 cm³/mol. The van der Waals surface area contributed by atoms with Crippen LogP contribution in [0, 0.1) is 13.8 Å². The molecule has 0 saturated carbocycles. The Kier molecular flexibility index (Phi) is 4.30. The average molecular weight is 310 g/mol. The van der Waals surface area contributed by atoms with Gasteiger partial charge in [-0.25, -0.2) is 4.98 Å². The van der Waals surface area contributed by atoms with Crippen LogP contribution in [0.5, 0.6) is 0 Å². The molecule has 3 aromatic rings. The van der Waals surface area contributed by atoms with Gasteiger partial charge in [0.2, 0.25) is 0 Å². The highest BCUT2D eigenvalue weighted by molar-refractivity contribution is 5.56. The van der Waals surface area contributed by atoms with Crippen molar-refractivity contribution in [2.45, 2.75) is 40.3 Å². The lowest BCUT2D eigenvalue weighted by Gasteiger charge is -2.10. The molecule has 23 heavy (non-hydrogen) atoms. The fraction of sp³-hybridized carbons (Fsp3) is 0.333. The molecule has 0 aliphatic heterocycles. The van der Waals surface area contributed by atoms with Gasteiger partial charge in [0.05, 0.1) is 12.3 Å². The molecule has 0 atom stereocenters. The van der Waals surface area contributed by atoms with Gasteiger partial charge in [-0.3, -0.25) is 0 Å². The number of benzene rings is 1. The van der Waals surface area contributed by atoms with Crippen molar-refractivity contribution in [2.75, 3.05) is 5.32 Å². The first-order valence-electron chi connectivity index (χ1n) is 7.90. The SMILES string of the molecule is CCc1cc(NCc2ccc(CO)cc2)n2nc(C)c(C)c2n1. The Balaban J connectivity index is 1.90. The Labute approximate surface area is 136 Å². The van der Waals surface area contributed by atoms with E-state index in [1.165, 1.54) is 0 Å². The molecule has 3 rings (SSSR count). The second-order valence-electron chi connectivity index (χ2n) is 5.76. The number of fused-ring (bicyclic) bond motifs is 1. The van der Waals surface area contributed by atoms with Crippen molar-refractivity contribution < 1.29 is 5.11 Å². The van der Waals surface area contributed by atoms with E-state index in [2.05, 4.69) is 35.3 Å². The zero-order valence-electron chi connectivity index (χ0n) is 13.8. The van der Waals surface area contributed by atoms with Crippen molar-refractivity contribution in [1.82, 2.24) is 14.6 Å². The maximum Gasteiger partial charge on any atom is 0.160 e. The smallest absolute Gasteiger partial charge is 0.160 e. The summed E-state index contributed by atoms with van der Waals surface area (Å²) in [4.78, 5) is 4.69. The van der Waals surface area contributed by atoms with E-state index >= 15 is 0 Å². The lowest BCUT2D eigenvalue weighted by atomic mass is 10.1. The summed E-state index contributed by atoms with van der Waals surface area (Å²) in [6.07, 6.45) is 0.889. The van der Waals surface area contributed by atoms with Gasteiger partial charge in [-0.2, -0.15) is 9.61 Å². The molecule has 0 spiro atoms. The van der Waals surface area contributed by atoms with Crippen LogP contribution >= 0.6 is 0 Å². The highest BCUT2D eigenvalue weighted by Crippen LogP contribution is 2.19. The first-order chi connectivity index (χ1) is 11.1. The van der Waals surface area contributed by atoms with Gasteiger partial charge in [-0.05, 0) is 31.4 Å². The van der Waals surface area contributed by atoms with Crippen molar-refractivity contribution in [3.63, 3.8) is 0 Å². The minimum atomic E-state index is 0.0738.